The normalized spacial score (nSPS) is 16.9. The molecule has 21 heavy (non-hydrogen) atoms. The summed E-state index contributed by atoms with van der Waals surface area (Å²) < 4.78 is 13.4. The van der Waals surface area contributed by atoms with Gasteiger partial charge in [0.2, 0.25) is 0 Å². The molecule has 3 N–H and O–H groups in total. The standard InChI is InChI=1S/C15H22FN3O2/c1-18-6-4-12(5-7-18)19(8-9-20)15(21)13-10-11(16)2-3-14(13)17/h2-3,10,12,20H,4-9,17H2,1H3. The van der Waals surface area contributed by atoms with Gasteiger partial charge >= 0.3 is 0 Å². The number of piperidine rings is 1. The van der Waals surface area contributed by atoms with Crippen molar-refractivity contribution in [1.29, 1.82) is 0 Å². The Hall–Kier alpha value is -1.66. The minimum atomic E-state index is -0.486. The second kappa shape index (κ2) is 6.87. The van der Waals surface area contributed by atoms with Gasteiger partial charge in [-0.2, -0.15) is 0 Å². The molecule has 1 aliphatic rings. The highest BCUT2D eigenvalue weighted by molar-refractivity contribution is 5.99. The van der Waals surface area contributed by atoms with Crippen molar-refractivity contribution in [1.82, 2.24) is 9.80 Å². The first kappa shape index (κ1) is 15.7. The Morgan fingerprint density at radius 3 is 2.76 bits per heavy atom. The molecular formula is C15H22FN3O2. The van der Waals surface area contributed by atoms with Crippen LogP contribution in [0.5, 0.6) is 0 Å². The van der Waals surface area contributed by atoms with Crippen LogP contribution in [0.4, 0.5) is 10.1 Å². The van der Waals surface area contributed by atoms with E-state index in [0.29, 0.717) is 0 Å². The molecule has 0 bridgehead atoms. The van der Waals surface area contributed by atoms with E-state index < -0.39 is 5.82 Å². The largest absolute Gasteiger partial charge is 0.398 e. The van der Waals surface area contributed by atoms with E-state index in [2.05, 4.69) is 4.90 Å². The number of hydrogen-bond donors (Lipinski definition) is 2. The third kappa shape index (κ3) is 3.71. The van der Waals surface area contributed by atoms with Crippen LogP contribution in [0.2, 0.25) is 0 Å². The molecule has 0 unspecified atom stereocenters. The van der Waals surface area contributed by atoms with Crippen molar-refractivity contribution in [2.24, 2.45) is 0 Å². The van der Waals surface area contributed by atoms with Gasteiger partial charge in [-0.1, -0.05) is 0 Å². The molecule has 1 heterocycles. The number of anilines is 1. The second-order valence-corrected chi connectivity index (χ2v) is 5.49. The molecule has 0 saturated carbocycles. The molecule has 5 nitrogen and oxygen atoms in total. The summed E-state index contributed by atoms with van der Waals surface area (Å²) in [5, 5.41) is 9.23. The fraction of sp³-hybridized carbons (Fsp3) is 0.533. The average molecular weight is 295 g/mol. The summed E-state index contributed by atoms with van der Waals surface area (Å²) in [6, 6.07) is 3.85. The number of likely N-dealkylation sites (tertiary alicyclic amines) is 1. The Bertz CT molecular complexity index is 502. The minimum Gasteiger partial charge on any atom is -0.398 e. The molecule has 1 fully saturated rings. The van der Waals surface area contributed by atoms with Crippen molar-refractivity contribution in [3.05, 3.63) is 29.6 Å². The lowest BCUT2D eigenvalue weighted by atomic mass is 10.0. The van der Waals surface area contributed by atoms with Crippen LogP contribution in [0, 0.1) is 5.82 Å². The van der Waals surface area contributed by atoms with Gasteiger partial charge in [-0.05, 0) is 51.2 Å². The number of hydrogen-bond acceptors (Lipinski definition) is 4. The number of nitrogens with zero attached hydrogens (tertiary/aromatic N) is 2. The summed E-state index contributed by atoms with van der Waals surface area (Å²) in [5.41, 5.74) is 6.22. The lowest BCUT2D eigenvalue weighted by Crippen LogP contribution is -2.47. The summed E-state index contributed by atoms with van der Waals surface area (Å²) in [7, 11) is 2.04. The minimum absolute atomic E-state index is 0.0588. The molecule has 116 valence electrons. The van der Waals surface area contributed by atoms with E-state index in [9.17, 15) is 14.3 Å². The van der Waals surface area contributed by atoms with Crippen molar-refractivity contribution in [3.63, 3.8) is 0 Å². The van der Waals surface area contributed by atoms with Gasteiger partial charge in [-0.15, -0.1) is 0 Å². The average Bonchev–Trinajstić information content (AvgIpc) is 2.48. The predicted octanol–water partition coefficient (Wildman–Crippen LogP) is 0.937. The van der Waals surface area contributed by atoms with Crippen LogP contribution in [0.1, 0.15) is 23.2 Å². The first-order valence-electron chi connectivity index (χ1n) is 7.18. The van der Waals surface area contributed by atoms with Gasteiger partial charge in [-0.3, -0.25) is 4.79 Å². The van der Waals surface area contributed by atoms with Crippen LogP contribution in [-0.2, 0) is 0 Å². The second-order valence-electron chi connectivity index (χ2n) is 5.49. The molecule has 1 aliphatic heterocycles. The van der Waals surface area contributed by atoms with E-state index in [0.717, 1.165) is 32.0 Å². The van der Waals surface area contributed by atoms with Gasteiger partial charge in [0, 0.05) is 18.3 Å². The number of carbonyl (C=O) groups excluding carboxylic acids is 1. The Morgan fingerprint density at radius 1 is 1.48 bits per heavy atom. The van der Waals surface area contributed by atoms with Gasteiger partial charge < -0.3 is 20.6 Å². The monoisotopic (exact) mass is 295 g/mol. The van der Waals surface area contributed by atoms with E-state index >= 15 is 0 Å². The number of amides is 1. The van der Waals surface area contributed by atoms with Crippen molar-refractivity contribution >= 4 is 11.6 Å². The molecular weight excluding hydrogens is 273 g/mol. The summed E-state index contributed by atoms with van der Waals surface area (Å²) in [6.45, 7) is 1.92. The van der Waals surface area contributed by atoms with Crippen LogP contribution in [-0.4, -0.2) is 60.1 Å². The van der Waals surface area contributed by atoms with Gasteiger partial charge in [0.25, 0.3) is 5.91 Å². The van der Waals surface area contributed by atoms with Crippen LogP contribution in [0.25, 0.3) is 0 Å². The molecule has 0 radical (unpaired) electrons. The highest BCUT2D eigenvalue weighted by Crippen LogP contribution is 2.21. The Labute approximate surface area is 124 Å². The zero-order chi connectivity index (χ0) is 15.4. The zero-order valence-electron chi connectivity index (χ0n) is 12.3. The van der Waals surface area contributed by atoms with Gasteiger partial charge in [-0.25, -0.2) is 4.39 Å². The van der Waals surface area contributed by atoms with Crippen LogP contribution < -0.4 is 5.73 Å². The molecule has 0 atom stereocenters. The number of nitrogens with two attached hydrogens (primary N) is 1. The predicted molar refractivity (Wildman–Crippen MR) is 79.5 cm³/mol. The first-order valence-corrected chi connectivity index (χ1v) is 7.18. The Balaban J connectivity index is 2.20. The van der Waals surface area contributed by atoms with Gasteiger partial charge in [0.05, 0.1) is 12.2 Å². The molecule has 2 rings (SSSR count). The molecule has 1 saturated heterocycles. The number of rotatable bonds is 4. The Morgan fingerprint density at radius 2 is 2.14 bits per heavy atom. The maximum absolute atomic E-state index is 13.4. The van der Waals surface area contributed by atoms with Crippen molar-refractivity contribution in [2.45, 2.75) is 18.9 Å². The quantitative estimate of drug-likeness (QED) is 0.811. The fourth-order valence-electron chi connectivity index (χ4n) is 2.73. The molecule has 0 aliphatic carbocycles. The lowest BCUT2D eigenvalue weighted by molar-refractivity contribution is 0.0540. The number of aliphatic hydroxyl groups excluding tert-OH is 1. The lowest BCUT2D eigenvalue weighted by Gasteiger charge is -2.37. The van der Waals surface area contributed by atoms with E-state index in [1.807, 2.05) is 7.05 Å². The summed E-state index contributed by atoms with van der Waals surface area (Å²) in [5.74, 6) is -0.796. The SMILES string of the molecule is CN1CCC(N(CCO)C(=O)c2cc(F)ccc2N)CC1. The summed E-state index contributed by atoms with van der Waals surface area (Å²) in [6.07, 6.45) is 1.69. The highest BCUT2D eigenvalue weighted by Gasteiger charge is 2.28. The topological polar surface area (TPSA) is 69.8 Å². The highest BCUT2D eigenvalue weighted by atomic mass is 19.1. The third-order valence-corrected chi connectivity index (χ3v) is 3.98. The molecule has 1 aromatic rings. The smallest absolute Gasteiger partial charge is 0.256 e. The Kier molecular flexibility index (Phi) is 5.14. The van der Waals surface area contributed by atoms with E-state index in [-0.39, 0.29) is 36.4 Å². The van der Waals surface area contributed by atoms with Crippen LogP contribution >= 0.6 is 0 Å². The number of aliphatic hydroxyl groups is 1. The van der Waals surface area contributed by atoms with Crippen LogP contribution in [0.15, 0.2) is 18.2 Å². The maximum Gasteiger partial charge on any atom is 0.256 e. The molecule has 6 heteroatoms. The molecule has 1 aromatic carbocycles. The summed E-state index contributed by atoms with van der Waals surface area (Å²) in [4.78, 5) is 16.5. The van der Waals surface area contributed by atoms with Gasteiger partial charge in [0.1, 0.15) is 5.82 Å². The number of benzene rings is 1. The first-order chi connectivity index (χ1) is 10.0. The number of halogens is 1. The molecule has 0 spiro atoms. The zero-order valence-corrected chi connectivity index (χ0v) is 12.3. The third-order valence-electron chi connectivity index (χ3n) is 3.98. The molecule has 1 amide bonds. The van der Waals surface area contributed by atoms with Crippen molar-refractivity contribution in [3.8, 4) is 0 Å². The number of nitrogen functional groups attached to an aromatic ring is 1. The maximum atomic E-state index is 13.4. The van der Waals surface area contributed by atoms with E-state index in [4.69, 9.17) is 5.73 Å². The van der Waals surface area contributed by atoms with Crippen LogP contribution in [0.3, 0.4) is 0 Å². The van der Waals surface area contributed by atoms with Crippen molar-refractivity contribution < 1.29 is 14.3 Å². The summed E-state index contributed by atoms with van der Waals surface area (Å²) >= 11 is 0. The van der Waals surface area contributed by atoms with Gasteiger partial charge in [0.15, 0.2) is 0 Å². The fourth-order valence-corrected chi connectivity index (χ4v) is 2.73. The van der Waals surface area contributed by atoms with E-state index in [1.54, 1.807) is 4.90 Å². The van der Waals surface area contributed by atoms with Crippen molar-refractivity contribution in [2.75, 3.05) is 39.0 Å². The number of carbonyl (C=O) groups is 1. The van der Waals surface area contributed by atoms with E-state index in [1.165, 1.54) is 12.1 Å². The molecule has 0 aromatic heterocycles.